The Hall–Kier alpha value is -1.37. The van der Waals surface area contributed by atoms with Gasteiger partial charge in [0.15, 0.2) is 5.78 Å². The second-order valence-corrected chi connectivity index (χ2v) is 3.45. The van der Waals surface area contributed by atoms with E-state index in [-0.39, 0.29) is 11.7 Å². The van der Waals surface area contributed by atoms with Gasteiger partial charge in [-0.25, -0.2) is 0 Å². The minimum Gasteiger partial charge on any atom is -0.294 e. The average Bonchev–Trinajstić information content (AvgIpc) is 2.46. The molecule has 0 saturated heterocycles. The zero-order valence-electron chi connectivity index (χ0n) is 7.49. The Morgan fingerprint density at radius 1 is 1.46 bits per heavy atom. The normalized spacial score (nSPS) is 20.0. The number of carbonyl (C=O) groups is 1. The molecule has 0 amide bonds. The largest absolute Gasteiger partial charge is 0.294 e. The maximum atomic E-state index is 11.7. The monoisotopic (exact) mass is 172 g/mol. The van der Waals surface area contributed by atoms with Crippen molar-refractivity contribution in [1.29, 1.82) is 0 Å². The van der Waals surface area contributed by atoms with Crippen LogP contribution in [0.15, 0.2) is 36.9 Å². The standard InChI is InChI=1S/C12H12O/c1-2-5-10-8-9-6-3-4-7-11(9)12(10)13/h2-4,6-7,10H,1,5,8H2. The molecule has 66 valence electrons. The molecule has 0 N–H and O–H groups in total. The van der Waals surface area contributed by atoms with Gasteiger partial charge in [-0.2, -0.15) is 0 Å². The first-order valence-electron chi connectivity index (χ1n) is 4.56. The Kier molecular flexibility index (Phi) is 2.01. The van der Waals surface area contributed by atoms with Gasteiger partial charge in [-0.3, -0.25) is 4.79 Å². The summed E-state index contributed by atoms with van der Waals surface area (Å²) in [5.41, 5.74) is 2.11. The van der Waals surface area contributed by atoms with Crippen molar-refractivity contribution in [1.82, 2.24) is 0 Å². The first-order valence-corrected chi connectivity index (χ1v) is 4.56. The molecule has 0 spiro atoms. The average molecular weight is 172 g/mol. The summed E-state index contributed by atoms with van der Waals surface area (Å²) in [4.78, 5) is 11.7. The molecule has 13 heavy (non-hydrogen) atoms. The molecule has 0 aromatic heterocycles. The van der Waals surface area contributed by atoms with E-state index in [1.165, 1.54) is 5.56 Å². The molecule has 2 rings (SSSR count). The predicted octanol–water partition coefficient (Wildman–Crippen LogP) is 2.62. The maximum absolute atomic E-state index is 11.7. The zero-order valence-corrected chi connectivity index (χ0v) is 7.49. The second-order valence-electron chi connectivity index (χ2n) is 3.45. The quantitative estimate of drug-likeness (QED) is 0.627. The second kappa shape index (κ2) is 3.17. The fourth-order valence-corrected chi connectivity index (χ4v) is 1.91. The van der Waals surface area contributed by atoms with E-state index in [1.54, 1.807) is 0 Å². The predicted molar refractivity (Wildman–Crippen MR) is 52.8 cm³/mol. The molecule has 0 bridgehead atoms. The molecule has 1 nitrogen and oxygen atoms in total. The van der Waals surface area contributed by atoms with Crippen molar-refractivity contribution in [2.75, 3.05) is 0 Å². The van der Waals surface area contributed by atoms with Crippen LogP contribution in [-0.2, 0) is 6.42 Å². The summed E-state index contributed by atoms with van der Waals surface area (Å²) in [5, 5.41) is 0. The molecule has 0 fully saturated rings. The number of hydrogen-bond acceptors (Lipinski definition) is 1. The van der Waals surface area contributed by atoms with Crippen molar-refractivity contribution in [2.45, 2.75) is 12.8 Å². The van der Waals surface area contributed by atoms with Gasteiger partial charge in [-0.1, -0.05) is 30.3 Å². The van der Waals surface area contributed by atoms with Crippen molar-refractivity contribution in [2.24, 2.45) is 5.92 Å². The Labute approximate surface area is 78.1 Å². The van der Waals surface area contributed by atoms with E-state index in [4.69, 9.17) is 0 Å². The molecule has 1 aliphatic carbocycles. The van der Waals surface area contributed by atoms with E-state index in [1.807, 2.05) is 30.3 Å². The van der Waals surface area contributed by atoms with Gasteiger partial charge in [-0.05, 0) is 18.4 Å². The molecule has 0 aliphatic heterocycles. The number of allylic oxidation sites excluding steroid dienone is 1. The van der Waals surface area contributed by atoms with Crippen LogP contribution >= 0.6 is 0 Å². The minimum absolute atomic E-state index is 0.148. The molecular formula is C12H12O. The maximum Gasteiger partial charge on any atom is 0.166 e. The van der Waals surface area contributed by atoms with Crippen LogP contribution in [0.5, 0.6) is 0 Å². The molecular weight excluding hydrogens is 160 g/mol. The lowest BCUT2D eigenvalue weighted by Gasteiger charge is -2.01. The van der Waals surface area contributed by atoms with Gasteiger partial charge in [0.1, 0.15) is 0 Å². The van der Waals surface area contributed by atoms with Gasteiger partial charge in [0.25, 0.3) is 0 Å². The smallest absolute Gasteiger partial charge is 0.166 e. The zero-order chi connectivity index (χ0) is 9.26. The van der Waals surface area contributed by atoms with Crippen LogP contribution in [0.1, 0.15) is 22.3 Å². The Morgan fingerprint density at radius 3 is 2.92 bits per heavy atom. The van der Waals surface area contributed by atoms with Crippen LogP contribution in [0.4, 0.5) is 0 Å². The van der Waals surface area contributed by atoms with Gasteiger partial charge in [0.05, 0.1) is 0 Å². The third kappa shape index (κ3) is 1.31. The molecule has 1 unspecified atom stereocenters. The number of Topliss-reactive ketones (excluding diaryl/α,β-unsaturated/α-hetero) is 1. The summed E-state index contributed by atoms with van der Waals surface area (Å²) in [6, 6.07) is 7.87. The van der Waals surface area contributed by atoms with E-state index in [9.17, 15) is 4.79 Å². The van der Waals surface area contributed by atoms with Gasteiger partial charge < -0.3 is 0 Å². The Balaban J connectivity index is 2.32. The number of ketones is 1. The Bertz CT molecular complexity index is 352. The first-order chi connectivity index (χ1) is 6.33. The summed E-state index contributed by atoms with van der Waals surface area (Å²) in [6.45, 7) is 3.67. The van der Waals surface area contributed by atoms with Crippen molar-refractivity contribution >= 4 is 5.78 Å². The number of rotatable bonds is 2. The topological polar surface area (TPSA) is 17.1 Å². The lowest BCUT2D eigenvalue weighted by atomic mass is 10.0. The van der Waals surface area contributed by atoms with Gasteiger partial charge in [-0.15, -0.1) is 6.58 Å². The fraction of sp³-hybridized carbons (Fsp3) is 0.250. The highest BCUT2D eigenvalue weighted by Crippen LogP contribution is 2.28. The summed E-state index contributed by atoms with van der Waals surface area (Å²) in [7, 11) is 0. The highest BCUT2D eigenvalue weighted by Gasteiger charge is 2.28. The molecule has 1 aromatic rings. The number of benzene rings is 1. The van der Waals surface area contributed by atoms with Crippen molar-refractivity contribution in [3.05, 3.63) is 48.0 Å². The first kappa shape index (κ1) is 8.24. The summed E-state index contributed by atoms with van der Waals surface area (Å²) in [5.74, 6) is 0.436. The molecule has 1 heteroatoms. The van der Waals surface area contributed by atoms with E-state index in [0.29, 0.717) is 0 Å². The molecule has 1 aliphatic rings. The molecule has 0 saturated carbocycles. The molecule has 0 radical (unpaired) electrons. The fourth-order valence-electron chi connectivity index (χ4n) is 1.91. The molecule has 1 aromatic carbocycles. The van der Waals surface area contributed by atoms with Gasteiger partial charge in [0.2, 0.25) is 0 Å². The van der Waals surface area contributed by atoms with E-state index >= 15 is 0 Å². The SMILES string of the molecule is C=CCC1Cc2ccccc2C1=O. The van der Waals surface area contributed by atoms with Crippen molar-refractivity contribution in [3.63, 3.8) is 0 Å². The molecule has 0 heterocycles. The van der Waals surface area contributed by atoms with Crippen LogP contribution in [0, 0.1) is 5.92 Å². The number of carbonyl (C=O) groups excluding carboxylic acids is 1. The van der Waals surface area contributed by atoms with Crippen LogP contribution in [0.25, 0.3) is 0 Å². The van der Waals surface area contributed by atoms with Crippen molar-refractivity contribution in [3.8, 4) is 0 Å². The van der Waals surface area contributed by atoms with Gasteiger partial charge in [0, 0.05) is 11.5 Å². The van der Waals surface area contributed by atoms with Crippen molar-refractivity contribution < 1.29 is 4.79 Å². The highest BCUT2D eigenvalue weighted by molar-refractivity contribution is 6.02. The summed E-state index contributed by atoms with van der Waals surface area (Å²) < 4.78 is 0. The van der Waals surface area contributed by atoms with Crippen LogP contribution in [-0.4, -0.2) is 5.78 Å². The summed E-state index contributed by atoms with van der Waals surface area (Å²) >= 11 is 0. The van der Waals surface area contributed by atoms with E-state index < -0.39 is 0 Å². The highest BCUT2D eigenvalue weighted by atomic mass is 16.1. The third-order valence-electron chi connectivity index (χ3n) is 2.57. The van der Waals surface area contributed by atoms with Gasteiger partial charge >= 0.3 is 0 Å². The third-order valence-corrected chi connectivity index (χ3v) is 2.57. The number of fused-ring (bicyclic) bond motifs is 1. The Morgan fingerprint density at radius 2 is 2.23 bits per heavy atom. The molecule has 1 atom stereocenters. The number of hydrogen-bond donors (Lipinski definition) is 0. The lowest BCUT2D eigenvalue weighted by Crippen LogP contribution is -2.07. The van der Waals surface area contributed by atoms with E-state index in [0.717, 1.165) is 18.4 Å². The van der Waals surface area contributed by atoms with E-state index in [2.05, 4.69) is 6.58 Å². The van der Waals surface area contributed by atoms with Crippen LogP contribution < -0.4 is 0 Å². The summed E-state index contributed by atoms with van der Waals surface area (Å²) in [6.07, 6.45) is 3.52. The van der Waals surface area contributed by atoms with Crippen LogP contribution in [0.3, 0.4) is 0 Å². The minimum atomic E-state index is 0.148. The lowest BCUT2D eigenvalue weighted by molar-refractivity contribution is 0.0938. The van der Waals surface area contributed by atoms with Crippen LogP contribution in [0.2, 0.25) is 0 Å².